The molecule has 3 nitrogen and oxygen atoms in total. The van der Waals surface area contributed by atoms with Gasteiger partial charge in [0.25, 0.3) is 0 Å². The molecule has 0 radical (unpaired) electrons. The molecule has 33 heavy (non-hydrogen) atoms. The predicted octanol–water partition coefficient (Wildman–Crippen LogP) is 7.50. The third kappa shape index (κ3) is 2.86. The summed E-state index contributed by atoms with van der Waals surface area (Å²) in [6.45, 7) is 0. The van der Waals surface area contributed by atoms with Gasteiger partial charge in [0.15, 0.2) is 0 Å². The van der Waals surface area contributed by atoms with Gasteiger partial charge in [-0.25, -0.2) is 4.99 Å². The van der Waals surface area contributed by atoms with E-state index in [0.717, 1.165) is 35.5 Å². The minimum atomic E-state index is -0.109. The second-order valence-electron chi connectivity index (χ2n) is 8.82. The number of nitrogens with one attached hydrogen (secondary N) is 1. The van der Waals surface area contributed by atoms with Gasteiger partial charge in [0.05, 0.1) is 28.1 Å². The Kier molecular flexibility index (Phi) is 4.03. The topological polar surface area (TPSA) is 29.3 Å². The van der Waals surface area contributed by atoms with Crippen LogP contribution in [0.4, 0.5) is 11.4 Å². The summed E-state index contributed by atoms with van der Waals surface area (Å²) in [7, 11) is 0. The van der Waals surface area contributed by atoms with Crippen molar-refractivity contribution in [1.82, 2.24) is 4.57 Å². The Balaban J connectivity index is 1.54. The second kappa shape index (κ2) is 7.21. The summed E-state index contributed by atoms with van der Waals surface area (Å²) in [5.74, 6) is 0. The Morgan fingerprint density at radius 3 is 2.55 bits per heavy atom. The number of allylic oxidation sites excluding steroid dienone is 1. The van der Waals surface area contributed by atoms with Crippen molar-refractivity contribution in [1.29, 1.82) is 0 Å². The van der Waals surface area contributed by atoms with Crippen LogP contribution in [-0.4, -0.2) is 10.3 Å². The van der Waals surface area contributed by atoms with Crippen LogP contribution in [0, 0.1) is 0 Å². The molecule has 1 aromatic heterocycles. The molecule has 1 N–H and O–H groups in total. The van der Waals surface area contributed by atoms with Gasteiger partial charge in [0.1, 0.15) is 6.17 Å². The van der Waals surface area contributed by atoms with Crippen LogP contribution >= 0.6 is 0 Å². The van der Waals surface area contributed by atoms with Crippen molar-refractivity contribution in [3.8, 4) is 0 Å². The largest absolute Gasteiger partial charge is 0.358 e. The van der Waals surface area contributed by atoms with Crippen LogP contribution < -0.4 is 5.32 Å². The van der Waals surface area contributed by atoms with E-state index in [9.17, 15) is 0 Å². The van der Waals surface area contributed by atoms with E-state index in [-0.39, 0.29) is 6.17 Å². The lowest BCUT2D eigenvalue weighted by Crippen LogP contribution is -2.30. The number of aliphatic imine (C=N–C) groups is 1. The lowest BCUT2D eigenvalue weighted by Gasteiger charge is -2.30. The first-order chi connectivity index (χ1) is 16.4. The molecule has 1 aliphatic heterocycles. The van der Waals surface area contributed by atoms with Gasteiger partial charge in [-0.2, -0.15) is 0 Å². The van der Waals surface area contributed by atoms with Crippen LogP contribution in [0.15, 0.2) is 102 Å². The Labute approximate surface area is 192 Å². The van der Waals surface area contributed by atoms with Crippen molar-refractivity contribution >= 4 is 45.0 Å². The van der Waals surface area contributed by atoms with E-state index in [1.54, 1.807) is 0 Å². The summed E-state index contributed by atoms with van der Waals surface area (Å²) in [4.78, 5) is 5.18. The van der Waals surface area contributed by atoms with Crippen LogP contribution in [0.3, 0.4) is 0 Å². The number of para-hydroxylation sites is 3. The molecule has 7 rings (SSSR count). The van der Waals surface area contributed by atoms with Crippen LogP contribution in [0.1, 0.15) is 29.3 Å². The average Bonchev–Trinajstić information content (AvgIpc) is 3.20. The van der Waals surface area contributed by atoms with Crippen LogP contribution in [0.5, 0.6) is 0 Å². The molecule has 0 saturated carbocycles. The fourth-order valence-electron chi connectivity index (χ4n) is 5.32. The number of nitrogens with zero attached hydrogens (tertiary/aromatic N) is 2. The van der Waals surface area contributed by atoms with Crippen molar-refractivity contribution in [3.05, 3.63) is 114 Å². The maximum Gasteiger partial charge on any atom is 0.148 e. The molecule has 4 aromatic carbocycles. The van der Waals surface area contributed by atoms with E-state index in [4.69, 9.17) is 4.99 Å². The number of hydrogen-bond acceptors (Lipinski definition) is 2. The lowest BCUT2D eigenvalue weighted by molar-refractivity contribution is 0.758. The van der Waals surface area contributed by atoms with Gasteiger partial charge in [0.2, 0.25) is 0 Å². The Hall–Kier alpha value is -4.11. The van der Waals surface area contributed by atoms with E-state index in [0.29, 0.717) is 0 Å². The highest BCUT2D eigenvalue weighted by molar-refractivity contribution is 6.13. The van der Waals surface area contributed by atoms with Gasteiger partial charge in [-0.05, 0) is 54.3 Å². The number of aromatic nitrogens is 1. The van der Waals surface area contributed by atoms with Crippen molar-refractivity contribution in [2.45, 2.75) is 19.0 Å². The Bertz CT molecular complexity index is 1590. The van der Waals surface area contributed by atoms with Crippen molar-refractivity contribution < 1.29 is 0 Å². The summed E-state index contributed by atoms with van der Waals surface area (Å²) in [5.41, 5.74) is 9.46. The van der Waals surface area contributed by atoms with Gasteiger partial charge >= 0.3 is 0 Å². The molecular formula is C30H23N3. The highest BCUT2D eigenvalue weighted by Crippen LogP contribution is 2.40. The van der Waals surface area contributed by atoms with Gasteiger partial charge in [0, 0.05) is 16.3 Å². The third-order valence-corrected chi connectivity index (χ3v) is 6.87. The molecule has 0 bridgehead atoms. The molecule has 2 heterocycles. The fraction of sp³-hybridized carbons (Fsp3) is 0.100. The maximum absolute atomic E-state index is 5.18. The maximum atomic E-state index is 5.18. The summed E-state index contributed by atoms with van der Waals surface area (Å²) < 4.78 is 2.45. The number of anilines is 1. The van der Waals surface area contributed by atoms with E-state index in [1.165, 1.54) is 32.9 Å². The average molecular weight is 426 g/mol. The normalized spacial score (nSPS) is 16.8. The molecule has 158 valence electrons. The van der Waals surface area contributed by atoms with Crippen molar-refractivity contribution in [2.75, 3.05) is 5.32 Å². The molecular weight excluding hydrogens is 402 g/mol. The number of aryl methyl sites for hydroxylation is 1. The van der Waals surface area contributed by atoms with Crippen molar-refractivity contribution in [3.63, 3.8) is 0 Å². The van der Waals surface area contributed by atoms with Gasteiger partial charge in [-0.15, -0.1) is 0 Å². The van der Waals surface area contributed by atoms with E-state index in [2.05, 4.69) is 107 Å². The monoisotopic (exact) mass is 425 g/mol. The van der Waals surface area contributed by atoms with E-state index < -0.39 is 0 Å². The second-order valence-corrected chi connectivity index (χ2v) is 8.82. The molecule has 1 aliphatic carbocycles. The van der Waals surface area contributed by atoms with E-state index in [1.807, 2.05) is 6.07 Å². The summed E-state index contributed by atoms with van der Waals surface area (Å²) in [5, 5.41) is 6.41. The SMILES string of the molecule is C1=Cc2cc3c4ccccc4n(C4Nc5ccccc5N=C4c4ccccc4)c3cc2CC1. The lowest BCUT2D eigenvalue weighted by atomic mass is 9.95. The third-order valence-electron chi connectivity index (χ3n) is 6.87. The zero-order valence-electron chi connectivity index (χ0n) is 18.2. The number of benzene rings is 4. The first-order valence-electron chi connectivity index (χ1n) is 11.6. The Morgan fingerprint density at radius 2 is 1.61 bits per heavy atom. The number of rotatable bonds is 2. The highest BCUT2D eigenvalue weighted by Gasteiger charge is 2.28. The van der Waals surface area contributed by atoms with Crippen LogP contribution in [0.25, 0.3) is 27.9 Å². The van der Waals surface area contributed by atoms with Crippen molar-refractivity contribution in [2.24, 2.45) is 4.99 Å². The zero-order chi connectivity index (χ0) is 21.8. The number of hydrogen-bond donors (Lipinski definition) is 1. The minimum absolute atomic E-state index is 0.109. The van der Waals surface area contributed by atoms with E-state index >= 15 is 0 Å². The van der Waals surface area contributed by atoms with Gasteiger partial charge < -0.3 is 9.88 Å². The molecule has 1 unspecified atom stereocenters. The standard InChI is InChI=1S/C30H23N3/c1-2-10-20(11-3-1)29-30(32-26-16-8-7-15-25(26)31-29)33-27-17-9-6-14-23(27)24-18-21-12-4-5-13-22(21)19-28(24)33/h1-4,6-12,14-19,30,32H,5,13H2. The summed E-state index contributed by atoms with van der Waals surface area (Å²) in [6, 6.07) is 32.4. The predicted molar refractivity (Wildman–Crippen MR) is 139 cm³/mol. The molecule has 3 heteroatoms. The smallest absolute Gasteiger partial charge is 0.148 e. The molecule has 0 saturated heterocycles. The fourth-order valence-corrected chi connectivity index (χ4v) is 5.32. The molecule has 0 spiro atoms. The Morgan fingerprint density at radius 1 is 0.788 bits per heavy atom. The molecule has 2 aliphatic rings. The molecule has 0 fully saturated rings. The highest BCUT2D eigenvalue weighted by atomic mass is 15.2. The molecule has 5 aromatic rings. The summed E-state index contributed by atoms with van der Waals surface area (Å²) >= 11 is 0. The number of fused-ring (bicyclic) bond motifs is 5. The molecule has 1 atom stereocenters. The van der Waals surface area contributed by atoms with Gasteiger partial charge in [-0.3, -0.25) is 0 Å². The first kappa shape index (κ1) is 18.5. The first-order valence-corrected chi connectivity index (χ1v) is 11.6. The van der Waals surface area contributed by atoms with Gasteiger partial charge in [-0.1, -0.05) is 72.8 Å². The minimum Gasteiger partial charge on any atom is -0.358 e. The zero-order valence-corrected chi connectivity index (χ0v) is 18.2. The molecule has 0 amide bonds. The van der Waals surface area contributed by atoms with Crippen LogP contribution in [0.2, 0.25) is 0 Å². The quantitative estimate of drug-likeness (QED) is 0.312. The summed E-state index contributed by atoms with van der Waals surface area (Å²) in [6.07, 6.45) is 6.64. The van der Waals surface area contributed by atoms with Crippen LogP contribution in [-0.2, 0) is 6.42 Å².